The first-order chi connectivity index (χ1) is 9.55. The molecule has 0 bridgehead atoms. The smallest absolute Gasteiger partial charge is 0.260 e. The number of carbonyl (C=O) groups excluding carboxylic acids is 1. The van der Waals surface area contributed by atoms with Crippen molar-refractivity contribution in [3.05, 3.63) is 40.5 Å². The van der Waals surface area contributed by atoms with Gasteiger partial charge in [-0.3, -0.25) is 4.79 Å². The number of nitrogens with zero attached hydrogens (tertiary/aromatic N) is 2. The zero-order valence-electron chi connectivity index (χ0n) is 11.6. The maximum Gasteiger partial charge on any atom is 0.260 e. The van der Waals surface area contributed by atoms with E-state index < -0.39 is 0 Å². The highest BCUT2D eigenvalue weighted by molar-refractivity contribution is 6.31. The Morgan fingerprint density at radius 2 is 2.20 bits per heavy atom. The van der Waals surface area contributed by atoms with Crippen LogP contribution in [-0.4, -0.2) is 22.8 Å². The molecule has 0 aliphatic heterocycles. The van der Waals surface area contributed by atoms with E-state index in [4.69, 9.17) is 16.3 Å². The van der Waals surface area contributed by atoms with E-state index in [1.165, 1.54) is 7.11 Å². The molecule has 106 valence electrons. The summed E-state index contributed by atoms with van der Waals surface area (Å²) >= 11 is 5.93. The SMILES string of the molecule is CCn1nc(C)cc1NC(=O)c1cc(Cl)ccc1OC. The van der Waals surface area contributed by atoms with Crippen molar-refractivity contribution in [3.8, 4) is 5.75 Å². The molecule has 2 rings (SSSR count). The lowest BCUT2D eigenvalue weighted by atomic mass is 10.2. The molecule has 6 heteroatoms. The van der Waals surface area contributed by atoms with Crippen LogP contribution in [0.25, 0.3) is 0 Å². The van der Waals surface area contributed by atoms with E-state index in [2.05, 4.69) is 10.4 Å². The summed E-state index contributed by atoms with van der Waals surface area (Å²) in [4.78, 5) is 12.3. The second kappa shape index (κ2) is 5.96. The topological polar surface area (TPSA) is 56.2 Å². The van der Waals surface area contributed by atoms with E-state index in [0.29, 0.717) is 28.7 Å². The summed E-state index contributed by atoms with van der Waals surface area (Å²) in [6, 6.07) is 6.74. The van der Waals surface area contributed by atoms with E-state index in [1.54, 1.807) is 22.9 Å². The predicted molar refractivity (Wildman–Crippen MR) is 78.6 cm³/mol. The van der Waals surface area contributed by atoms with Gasteiger partial charge in [-0.1, -0.05) is 11.6 Å². The van der Waals surface area contributed by atoms with Gasteiger partial charge in [0, 0.05) is 17.6 Å². The number of hydrogen-bond acceptors (Lipinski definition) is 3. The van der Waals surface area contributed by atoms with Crippen molar-refractivity contribution in [2.45, 2.75) is 20.4 Å². The van der Waals surface area contributed by atoms with Crippen molar-refractivity contribution < 1.29 is 9.53 Å². The van der Waals surface area contributed by atoms with Crippen LogP contribution in [0, 0.1) is 6.92 Å². The standard InChI is InChI=1S/C14H16ClN3O2/c1-4-18-13(7-9(2)17-18)16-14(19)11-8-10(15)5-6-12(11)20-3/h5-8H,4H2,1-3H3,(H,16,19). The van der Waals surface area contributed by atoms with Gasteiger partial charge in [-0.05, 0) is 32.0 Å². The molecule has 0 atom stereocenters. The first-order valence-electron chi connectivity index (χ1n) is 6.24. The van der Waals surface area contributed by atoms with Gasteiger partial charge in [-0.15, -0.1) is 0 Å². The van der Waals surface area contributed by atoms with Gasteiger partial charge in [0.25, 0.3) is 5.91 Å². The second-order valence-corrected chi connectivity index (χ2v) is 4.72. The fraction of sp³-hybridized carbons (Fsp3) is 0.286. The molecule has 0 aliphatic rings. The Bertz CT molecular complexity index is 637. The van der Waals surface area contributed by atoms with Gasteiger partial charge >= 0.3 is 0 Å². The van der Waals surface area contributed by atoms with Crippen LogP contribution >= 0.6 is 11.6 Å². The average Bonchev–Trinajstić information content (AvgIpc) is 2.78. The zero-order valence-corrected chi connectivity index (χ0v) is 12.4. The molecule has 1 N–H and O–H groups in total. The first-order valence-corrected chi connectivity index (χ1v) is 6.62. The van der Waals surface area contributed by atoms with E-state index in [9.17, 15) is 4.79 Å². The number of nitrogens with one attached hydrogen (secondary N) is 1. The van der Waals surface area contributed by atoms with E-state index in [-0.39, 0.29) is 5.91 Å². The van der Waals surface area contributed by atoms with Crippen LogP contribution in [0.4, 0.5) is 5.82 Å². The Morgan fingerprint density at radius 3 is 2.85 bits per heavy atom. The fourth-order valence-corrected chi connectivity index (χ4v) is 2.10. The number of benzene rings is 1. The predicted octanol–water partition coefficient (Wildman–Crippen LogP) is 3.13. The summed E-state index contributed by atoms with van der Waals surface area (Å²) in [6.45, 7) is 4.51. The average molecular weight is 294 g/mol. The van der Waals surface area contributed by atoms with Crippen molar-refractivity contribution in [2.24, 2.45) is 0 Å². The lowest BCUT2D eigenvalue weighted by Crippen LogP contribution is -2.16. The Balaban J connectivity index is 2.30. The highest BCUT2D eigenvalue weighted by atomic mass is 35.5. The van der Waals surface area contributed by atoms with Crippen LogP contribution in [0.1, 0.15) is 23.0 Å². The Hall–Kier alpha value is -2.01. The van der Waals surface area contributed by atoms with Gasteiger partial charge in [0.1, 0.15) is 11.6 Å². The molecule has 0 saturated carbocycles. The number of amides is 1. The molecule has 0 saturated heterocycles. The van der Waals surface area contributed by atoms with Gasteiger partial charge in [0.2, 0.25) is 0 Å². The number of anilines is 1. The third-order valence-electron chi connectivity index (χ3n) is 2.85. The number of ether oxygens (including phenoxy) is 1. The van der Waals surface area contributed by atoms with Crippen LogP contribution in [0.15, 0.2) is 24.3 Å². The van der Waals surface area contributed by atoms with Crippen LogP contribution in [-0.2, 0) is 6.54 Å². The summed E-state index contributed by atoms with van der Waals surface area (Å²) in [5, 5.41) is 7.59. The van der Waals surface area contributed by atoms with Crippen LogP contribution in [0.3, 0.4) is 0 Å². The van der Waals surface area contributed by atoms with Crippen molar-refractivity contribution >= 4 is 23.3 Å². The number of aromatic nitrogens is 2. The van der Waals surface area contributed by atoms with E-state index >= 15 is 0 Å². The van der Waals surface area contributed by atoms with Crippen LogP contribution < -0.4 is 10.1 Å². The summed E-state index contributed by atoms with van der Waals surface area (Å²) in [7, 11) is 1.51. The highest BCUT2D eigenvalue weighted by Crippen LogP contribution is 2.23. The zero-order chi connectivity index (χ0) is 14.7. The van der Waals surface area contributed by atoms with Gasteiger partial charge < -0.3 is 10.1 Å². The maximum atomic E-state index is 12.3. The number of carbonyl (C=O) groups is 1. The molecule has 1 aromatic carbocycles. The monoisotopic (exact) mass is 293 g/mol. The lowest BCUT2D eigenvalue weighted by molar-refractivity contribution is 0.102. The van der Waals surface area contributed by atoms with Crippen molar-refractivity contribution in [1.82, 2.24) is 9.78 Å². The molecule has 1 heterocycles. The third kappa shape index (κ3) is 2.93. The van der Waals surface area contributed by atoms with Gasteiger partial charge in [0.15, 0.2) is 0 Å². The number of rotatable bonds is 4. The van der Waals surface area contributed by atoms with Crippen LogP contribution in [0.5, 0.6) is 5.75 Å². The molecule has 20 heavy (non-hydrogen) atoms. The fourth-order valence-electron chi connectivity index (χ4n) is 1.93. The lowest BCUT2D eigenvalue weighted by Gasteiger charge is -2.10. The van der Waals surface area contributed by atoms with Crippen molar-refractivity contribution in [2.75, 3.05) is 12.4 Å². The number of aryl methyl sites for hydroxylation is 2. The van der Waals surface area contributed by atoms with Gasteiger partial charge in [-0.2, -0.15) is 5.10 Å². The van der Waals surface area contributed by atoms with Crippen molar-refractivity contribution in [1.29, 1.82) is 0 Å². The van der Waals surface area contributed by atoms with E-state index in [0.717, 1.165) is 5.69 Å². The van der Waals surface area contributed by atoms with Crippen LogP contribution in [0.2, 0.25) is 5.02 Å². The molecule has 0 fully saturated rings. The number of halogens is 1. The molecular weight excluding hydrogens is 278 g/mol. The van der Waals surface area contributed by atoms with Gasteiger partial charge in [-0.25, -0.2) is 4.68 Å². The minimum atomic E-state index is -0.279. The number of methoxy groups -OCH3 is 1. The Kier molecular flexibility index (Phi) is 4.29. The molecular formula is C14H16ClN3O2. The molecule has 0 aliphatic carbocycles. The summed E-state index contributed by atoms with van der Waals surface area (Å²) < 4.78 is 6.91. The molecule has 1 amide bonds. The second-order valence-electron chi connectivity index (χ2n) is 4.29. The minimum absolute atomic E-state index is 0.279. The highest BCUT2D eigenvalue weighted by Gasteiger charge is 2.15. The summed E-state index contributed by atoms with van der Waals surface area (Å²) in [5.41, 5.74) is 1.24. The van der Waals surface area contributed by atoms with Crippen molar-refractivity contribution in [3.63, 3.8) is 0 Å². The normalized spacial score (nSPS) is 10.4. The maximum absolute atomic E-state index is 12.3. The van der Waals surface area contributed by atoms with Gasteiger partial charge in [0.05, 0.1) is 18.4 Å². The third-order valence-corrected chi connectivity index (χ3v) is 3.08. The molecule has 2 aromatic rings. The minimum Gasteiger partial charge on any atom is -0.496 e. The Morgan fingerprint density at radius 1 is 1.45 bits per heavy atom. The quantitative estimate of drug-likeness (QED) is 0.942. The summed E-state index contributed by atoms with van der Waals surface area (Å²) in [6.07, 6.45) is 0. The largest absolute Gasteiger partial charge is 0.496 e. The summed E-state index contributed by atoms with van der Waals surface area (Å²) in [5.74, 6) is 0.849. The molecule has 0 spiro atoms. The number of hydrogen-bond donors (Lipinski definition) is 1. The molecule has 0 radical (unpaired) electrons. The molecule has 1 aromatic heterocycles. The first kappa shape index (κ1) is 14.4. The molecule has 5 nitrogen and oxygen atoms in total. The molecule has 0 unspecified atom stereocenters. The van der Waals surface area contributed by atoms with E-state index in [1.807, 2.05) is 19.9 Å². The Labute approximate surface area is 122 Å².